The molecule has 0 saturated carbocycles. The van der Waals surface area contributed by atoms with Crippen molar-refractivity contribution in [3.63, 3.8) is 0 Å². The second kappa shape index (κ2) is 8.02. The normalized spacial score (nSPS) is 10.3. The van der Waals surface area contributed by atoms with Crippen LogP contribution >= 0.6 is 0 Å². The minimum absolute atomic E-state index is 0.220. The number of anilines is 2. The van der Waals surface area contributed by atoms with Crippen LogP contribution in [0, 0.1) is 0 Å². The maximum atomic E-state index is 12.1. The summed E-state index contributed by atoms with van der Waals surface area (Å²) in [6.07, 6.45) is 1.55. The summed E-state index contributed by atoms with van der Waals surface area (Å²) in [7, 11) is 0. The largest absolute Gasteiger partial charge is 0.487 e. The Labute approximate surface area is 151 Å². The van der Waals surface area contributed by atoms with Gasteiger partial charge in [0.1, 0.15) is 18.2 Å². The van der Waals surface area contributed by atoms with Gasteiger partial charge < -0.3 is 21.5 Å². The van der Waals surface area contributed by atoms with E-state index in [4.69, 9.17) is 16.2 Å². The molecule has 0 aliphatic rings. The van der Waals surface area contributed by atoms with Gasteiger partial charge in [-0.3, -0.25) is 4.79 Å². The molecular weight excluding hydrogens is 328 g/mol. The minimum atomic E-state index is -0.248. The van der Waals surface area contributed by atoms with Gasteiger partial charge >= 0.3 is 0 Å². The number of para-hydroxylation sites is 2. The number of nitrogen functional groups attached to an aromatic ring is 2. The summed E-state index contributed by atoms with van der Waals surface area (Å²) >= 11 is 0. The molecule has 26 heavy (non-hydrogen) atoms. The predicted molar refractivity (Wildman–Crippen MR) is 101 cm³/mol. The van der Waals surface area contributed by atoms with E-state index in [1.165, 1.54) is 0 Å². The van der Waals surface area contributed by atoms with Crippen molar-refractivity contribution in [3.05, 3.63) is 83.6 Å². The van der Waals surface area contributed by atoms with Gasteiger partial charge in [0.05, 0.1) is 11.3 Å². The first-order valence-electron chi connectivity index (χ1n) is 8.17. The van der Waals surface area contributed by atoms with E-state index < -0.39 is 0 Å². The maximum Gasteiger partial charge on any atom is 0.255 e. The third kappa shape index (κ3) is 4.30. The molecule has 0 fully saturated rings. The van der Waals surface area contributed by atoms with Crippen molar-refractivity contribution in [3.8, 4) is 5.75 Å². The quantitative estimate of drug-likeness (QED) is 0.594. The lowest BCUT2D eigenvalue weighted by molar-refractivity contribution is 0.0951. The Morgan fingerprint density at radius 2 is 1.69 bits per heavy atom. The Bertz CT molecular complexity index is 894. The van der Waals surface area contributed by atoms with Crippen LogP contribution in [0.2, 0.25) is 0 Å². The fraction of sp³-hybridized carbons (Fsp3) is 0.100. The number of carbonyl (C=O) groups is 1. The standard InChI is InChI=1S/C20H20N4O2/c21-17-5-1-2-6-18(17)26-13-15-9-7-14(8-10-15)12-24-20(25)16-4-3-11-23-19(16)22/h1-11H,12-13,21H2,(H2,22,23)(H,24,25). The van der Waals surface area contributed by atoms with E-state index >= 15 is 0 Å². The van der Waals surface area contributed by atoms with Crippen LogP contribution < -0.4 is 21.5 Å². The molecule has 3 rings (SSSR count). The Morgan fingerprint density at radius 3 is 2.42 bits per heavy atom. The SMILES string of the molecule is Nc1ccccc1OCc1ccc(CNC(=O)c2cccnc2N)cc1. The summed E-state index contributed by atoms with van der Waals surface area (Å²) in [6, 6.07) is 18.5. The van der Waals surface area contributed by atoms with Crippen LogP contribution in [0.1, 0.15) is 21.5 Å². The third-order valence-electron chi connectivity index (χ3n) is 3.87. The molecule has 1 aromatic heterocycles. The van der Waals surface area contributed by atoms with Gasteiger partial charge in [-0.1, -0.05) is 36.4 Å². The van der Waals surface area contributed by atoms with E-state index in [1.807, 2.05) is 42.5 Å². The molecule has 0 radical (unpaired) electrons. The first kappa shape index (κ1) is 17.3. The van der Waals surface area contributed by atoms with Gasteiger partial charge in [0.15, 0.2) is 0 Å². The lowest BCUT2D eigenvalue weighted by Crippen LogP contribution is -2.24. The van der Waals surface area contributed by atoms with Gasteiger partial charge in [-0.25, -0.2) is 4.98 Å². The zero-order valence-electron chi connectivity index (χ0n) is 14.2. The van der Waals surface area contributed by atoms with E-state index in [9.17, 15) is 4.79 Å². The number of carbonyl (C=O) groups excluding carboxylic acids is 1. The molecule has 0 saturated heterocycles. The average molecular weight is 348 g/mol. The van der Waals surface area contributed by atoms with Gasteiger partial charge in [-0.2, -0.15) is 0 Å². The fourth-order valence-electron chi connectivity index (χ4n) is 2.41. The highest BCUT2D eigenvalue weighted by Crippen LogP contribution is 2.21. The number of rotatable bonds is 6. The number of nitrogens with two attached hydrogens (primary N) is 2. The molecule has 0 aliphatic carbocycles. The zero-order valence-corrected chi connectivity index (χ0v) is 14.2. The molecule has 0 unspecified atom stereocenters. The predicted octanol–water partition coefficient (Wildman–Crippen LogP) is 2.76. The van der Waals surface area contributed by atoms with Crippen molar-refractivity contribution in [2.24, 2.45) is 0 Å². The molecule has 3 aromatic rings. The summed E-state index contributed by atoms with van der Waals surface area (Å²) in [4.78, 5) is 16.0. The van der Waals surface area contributed by atoms with Crippen molar-refractivity contribution in [1.29, 1.82) is 0 Å². The highest BCUT2D eigenvalue weighted by molar-refractivity contribution is 5.98. The Morgan fingerprint density at radius 1 is 0.962 bits per heavy atom. The number of amides is 1. The van der Waals surface area contributed by atoms with Crippen LogP contribution in [-0.2, 0) is 13.2 Å². The number of benzene rings is 2. The van der Waals surface area contributed by atoms with Crippen molar-refractivity contribution in [2.75, 3.05) is 11.5 Å². The highest BCUT2D eigenvalue weighted by atomic mass is 16.5. The van der Waals surface area contributed by atoms with Crippen LogP contribution in [0.15, 0.2) is 66.9 Å². The first-order valence-corrected chi connectivity index (χ1v) is 8.17. The summed E-state index contributed by atoms with van der Waals surface area (Å²) in [5.41, 5.74) is 14.5. The molecule has 0 bridgehead atoms. The van der Waals surface area contributed by atoms with Crippen LogP contribution in [0.25, 0.3) is 0 Å². The maximum absolute atomic E-state index is 12.1. The summed E-state index contributed by atoms with van der Waals surface area (Å²) in [5, 5.41) is 2.83. The van der Waals surface area contributed by atoms with Gasteiger partial charge in [0, 0.05) is 12.7 Å². The average Bonchev–Trinajstić information content (AvgIpc) is 2.67. The molecule has 0 atom stereocenters. The molecule has 6 heteroatoms. The fourth-order valence-corrected chi connectivity index (χ4v) is 2.41. The topological polar surface area (TPSA) is 103 Å². The van der Waals surface area contributed by atoms with E-state index in [2.05, 4.69) is 10.3 Å². The van der Waals surface area contributed by atoms with Crippen LogP contribution in [0.3, 0.4) is 0 Å². The third-order valence-corrected chi connectivity index (χ3v) is 3.87. The molecule has 1 heterocycles. The van der Waals surface area contributed by atoms with E-state index in [-0.39, 0.29) is 11.7 Å². The Hall–Kier alpha value is -3.54. The van der Waals surface area contributed by atoms with Crippen molar-refractivity contribution >= 4 is 17.4 Å². The molecule has 132 valence electrons. The summed E-state index contributed by atoms with van der Waals surface area (Å²) in [5.74, 6) is 0.637. The minimum Gasteiger partial charge on any atom is -0.487 e. The van der Waals surface area contributed by atoms with Gasteiger partial charge in [-0.15, -0.1) is 0 Å². The van der Waals surface area contributed by atoms with Crippen molar-refractivity contribution < 1.29 is 9.53 Å². The van der Waals surface area contributed by atoms with Gasteiger partial charge in [0.25, 0.3) is 5.91 Å². The molecule has 0 aliphatic heterocycles. The number of hydrogen-bond acceptors (Lipinski definition) is 5. The highest BCUT2D eigenvalue weighted by Gasteiger charge is 2.09. The van der Waals surface area contributed by atoms with Crippen LogP contribution in [-0.4, -0.2) is 10.9 Å². The van der Waals surface area contributed by atoms with Crippen molar-refractivity contribution in [1.82, 2.24) is 10.3 Å². The second-order valence-corrected chi connectivity index (χ2v) is 5.76. The van der Waals surface area contributed by atoms with E-state index in [0.29, 0.717) is 30.2 Å². The Kier molecular flexibility index (Phi) is 5.34. The zero-order chi connectivity index (χ0) is 18.4. The van der Waals surface area contributed by atoms with Crippen LogP contribution in [0.5, 0.6) is 5.75 Å². The number of pyridine rings is 1. The summed E-state index contributed by atoms with van der Waals surface area (Å²) in [6.45, 7) is 0.826. The monoisotopic (exact) mass is 348 g/mol. The smallest absolute Gasteiger partial charge is 0.255 e. The number of aromatic nitrogens is 1. The first-order chi connectivity index (χ1) is 12.6. The summed E-state index contributed by atoms with van der Waals surface area (Å²) < 4.78 is 5.72. The van der Waals surface area contributed by atoms with Crippen LogP contribution in [0.4, 0.5) is 11.5 Å². The molecule has 0 spiro atoms. The van der Waals surface area contributed by atoms with Gasteiger partial charge in [0.2, 0.25) is 0 Å². The van der Waals surface area contributed by atoms with E-state index in [0.717, 1.165) is 11.1 Å². The molecule has 1 amide bonds. The van der Waals surface area contributed by atoms with Crippen molar-refractivity contribution in [2.45, 2.75) is 13.2 Å². The van der Waals surface area contributed by atoms with Gasteiger partial charge in [-0.05, 0) is 35.4 Å². The lowest BCUT2D eigenvalue weighted by Gasteiger charge is -2.10. The number of nitrogens with zero attached hydrogens (tertiary/aromatic N) is 1. The molecule has 6 nitrogen and oxygen atoms in total. The number of ether oxygens (including phenoxy) is 1. The molecule has 5 N–H and O–H groups in total. The second-order valence-electron chi connectivity index (χ2n) is 5.76. The number of hydrogen-bond donors (Lipinski definition) is 3. The lowest BCUT2D eigenvalue weighted by atomic mass is 10.1. The Balaban J connectivity index is 1.54. The van der Waals surface area contributed by atoms with E-state index in [1.54, 1.807) is 24.4 Å². The number of nitrogens with one attached hydrogen (secondary N) is 1. The molecule has 2 aromatic carbocycles. The molecular formula is C20H20N4O2.